The van der Waals surface area contributed by atoms with Gasteiger partial charge < -0.3 is 5.11 Å². The van der Waals surface area contributed by atoms with Crippen LogP contribution in [-0.4, -0.2) is 17.9 Å². The van der Waals surface area contributed by atoms with E-state index in [1.807, 2.05) is 13.8 Å². The summed E-state index contributed by atoms with van der Waals surface area (Å²) in [5.41, 5.74) is -0.517. The Hall–Kier alpha value is -0.620. The molecular weight excluding hydrogens is 157 g/mol. The minimum absolute atomic E-state index is 0.0437. The molecule has 0 saturated heterocycles. The van der Waals surface area contributed by atoms with Crippen molar-refractivity contribution >= 4 is 0 Å². The molecule has 0 aromatic carbocycles. The van der Waals surface area contributed by atoms with Crippen LogP contribution in [-0.2, 0) is 0 Å². The van der Waals surface area contributed by atoms with E-state index in [-0.39, 0.29) is 11.8 Å². The molecular formula is C9H14FNO. The Morgan fingerprint density at radius 1 is 1.67 bits per heavy atom. The van der Waals surface area contributed by atoms with Crippen molar-refractivity contribution in [2.24, 2.45) is 10.8 Å². The highest BCUT2D eigenvalue weighted by Crippen LogP contribution is 2.65. The van der Waals surface area contributed by atoms with Crippen LogP contribution in [0, 0.1) is 22.2 Å². The fraction of sp³-hybridized carbons (Fsp3) is 0.889. The van der Waals surface area contributed by atoms with Crippen LogP contribution >= 0.6 is 0 Å². The second-order valence-corrected chi connectivity index (χ2v) is 4.27. The van der Waals surface area contributed by atoms with Crippen LogP contribution in [0.1, 0.15) is 26.7 Å². The van der Waals surface area contributed by atoms with E-state index >= 15 is 0 Å². The monoisotopic (exact) mass is 171 g/mol. The normalized spacial score (nSPS) is 33.9. The highest BCUT2D eigenvalue weighted by molar-refractivity contribution is 5.21. The van der Waals surface area contributed by atoms with Crippen molar-refractivity contribution in [1.29, 1.82) is 5.26 Å². The van der Waals surface area contributed by atoms with Gasteiger partial charge in [0.05, 0.1) is 17.6 Å². The van der Waals surface area contributed by atoms with Crippen molar-refractivity contribution in [1.82, 2.24) is 0 Å². The maximum absolute atomic E-state index is 12.0. The number of aliphatic hydroxyl groups excluding tert-OH is 1. The fourth-order valence-corrected chi connectivity index (χ4v) is 1.75. The first kappa shape index (κ1) is 9.47. The van der Waals surface area contributed by atoms with Gasteiger partial charge in [-0.2, -0.15) is 5.26 Å². The van der Waals surface area contributed by atoms with Crippen LogP contribution < -0.4 is 0 Å². The van der Waals surface area contributed by atoms with E-state index in [9.17, 15) is 4.39 Å². The van der Waals surface area contributed by atoms with Crippen molar-refractivity contribution in [3.8, 4) is 6.07 Å². The van der Waals surface area contributed by atoms with Gasteiger partial charge in [0.25, 0.3) is 0 Å². The molecule has 0 radical (unpaired) electrons. The highest BCUT2D eigenvalue weighted by Gasteiger charge is 2.62. The number of nitrogens with zero attached hydrogens (tertiary/aromatic N) is 1. The summed E-state index contributed by atoms with van der Waals surface area (Å²) >= 11 is 0. The molecule has 2 nitrogen and oxygen atoms in total. The predicted octanol–water partition coefficient (Wildman–Crippen LogP) is 1.65. The fourth-order valence-electron chi connectivity index (χ4n) is 1.75. The third-order valence-corrected chi connectivity index (χ3v) is 2.89. The summed E-state index contributed by atoms with van der Waals surface area (Å²) in [6, 6.07) is 2.18. The van der Waals surface area contributed by atoms with Crippen LogP contribution in [0.2, 0.25) is 0 Å². The molecule has 1 rings (SSSR count). The van der Waals surface area contributed by atoms with Crippen LogP contribution in [0.5, 0.6) is 0 Å². The van der Waals surface area contributed by atoms with Gasteiger partial charge >= 0.3 is 0 Å². The van der Waals surface area contributed by atoms with Gasteiger partial charge in [0.1, 0.15) is 6.67 Å². The lowest BCUT2D eigenvalue weighted by Crippen LogP contribution is -2.18. The van der Waals surface area contributed by atoms with Gasteiger partial charge in [-0.15, -0.1) is 0 Å². The molecule has 0 bridgehead atoms. The third-order valence-electron chi connectivity index (χ3n) is 2.89. The maximum Gasteiger partial charge on any atom is 0.115 e. The number of rotatable bonds is 3. The molecule has 12 heavy (non-hydrogen) atoms. The Bertz CT molecular complexity index is 221. The SMILES string of the molecule is CC1(C)CC1(C#N)CC(O)CF. The molecule has 0 aromatic rings. The lowest BCUT2D eigenvalue weighted by Gasteiger charge is -2.14. The summed E-state index contributed by atoms with van der Waals surface area (Å²) in [5, 5.41) is 17.9. The number of hydrogen-bond acceptors (Lipinski definition) is 2. The van der Waals surface area contributed by atoms with Crippen LogP contribution in [0.4, 0.5) is 4.39 Å². The number of nitriles is 1. The van der Waals surface area contributed by atoms with Gasteiger partial charge in [0, 0.05) is 0 Å². The molecule has 1 fully saturated rings. The average Bonchev–Trinajstić information content (AvgIpc) is 2.54. The van der Waals surface area contributed by atoms with Crippen LogP contribution in [0.3, 0.4) is 0 Å². The maximum atomic E-state index is 12.0. The van der Waals surface area contributed by atoms with Crippen molar-refractivity contribution in [2.45, 2.75) is 32.8 Å². The summed E-state index contributed by atoms with van der Waals surface area (Å²) in [4.78, 5) is 0. The molecule has 0 amide bonds. The number of halogens is 1. The Balaban J connectivity index is 2.58. The smallest absolute Gasteiger partial charge is 0.115 e. The molecule has 2 atom stereocenters. The van der Waals surface area contributed by atoms with E-state index in [1.165, 1.54) is 0 Å². The molecule has 1 saturated carbocycles. The van der Waals surface area contributed by atoms with E-state index in [1.54, 1.807) is 0 Å². The number of aliphatic hydroxyl groups is 1. The summed E-state index contributed by atoms with van der Waals surface area (Å²) in [5.74, 6) is 0. The molecule has 2 unspecified atom stereocenters. The minimum Gasteiger partial charge on any atom is -0.390 e. The first-order valence-electron chi connectivity index (χ1n) is 4.13. The Morgan fingerprint density at radius 3 is 2.42 bits per heavy atom. The third kappa shape index (κ3) is 1.32. The topological polar surface area (TPSA) is 44.0 Å². The van der Waals surface area contributed by atoms with Crippen LogP contribution in [0.25, 0.3) is 0 Å². The Kier molecular flexibility index (Phi) is 2.13. The molecule has 1 aliphatic carbocycles. The zero-order chi connectivity index (χ0) is 9.41. The predicted molar refractivity (Wildman–Crippen MR) is 43.0 cm³/mol. The van der Waals surface area contributed by atoms with Crippen molar-refractivity contribution in [3.05, 3.63) is 0 Å². The minimum atomic E-state index is -0.966. The molecule has 0 heterocycles. The van der Waals surface area contributed by atoms with Crippen LogP contribution in [0.15, 0.2) is 0 Å². The largest absolute Gasteiger partial charge is 0.390 e. The quantitative estimate of drug-likeness (QED) is 0.701. The van der Waals surface area contributed by atoms with Gasteiger partial charge in [0.15, 0.2) is 0 Å². The summed E-state index contributed by atoms with van der Waals surface area (Å²) in [7, 11) is 0. The first-order chi connectivity index (χ1) is 5.47. The van der Waals surface area contributed by atoms with Gasteiger partial charge in [0.2, 0.25) is 0 Å². The lowest BCUT2D eigenvalue weighted by molar-refractivity contribution is 0.110. The van der Waals surface area contributed by atoms with E-state index in [4.69, 9.17) is 10.4 Å². The van der Waals surface area contributed by atoms with Gasteiger partial charge in [-0.3, -0.25) is 0 Å². The average molecular weight is 171 g/mol. The molecule has 3 heteroatoms. The van der Waals surface area contributed by atoms with Gasteiger partial charge in [-0.25, -0.2) is 4.39 Å². The second-order valence-electron chi connectivity index (χ2n) is 4.27. The molecule has 1 N–H and O–H groups in total. The number of hydrogen-bond donors (Lipinski definition) is 1. The van der Waals surface area contributed by atoms with Gasteiger partial charge in [-0.1, -0.05) is 13.8 Å². The first-order valence-corrected chi connectivity index (χ1v) is 4.13. The van der Waals surface area contributed by atoms with E-state index in [0.29, 0.717) is 0 Å². The molecule has 1 aliphatic rings. The summed E-state index contributed by atoms with van der Waals surface area (Å²) in [6.45, 7) is 3.20. The molecule has 68 valence electrons. The van der Waals surface area contributed by atoms with Crippen molar-refractivity contribution < 1.29 is 9.50 Å². The zero-order valence-corrected chi connectivity index (χ0v) is 7.47. The zero-order valence-electron chi connectivity index (χ0n) is 7.47. The summed E-state index contributed by atoms with van der Waals surface area (Å²) in [6.07, 6.45) is 0.0759. The summed E-state index contributed by atoms with van der Waals surface area (Å²) < 4.78 is 12.0. The second kappa shape index (κ2) is 2.70. The molecule has 0 spiro atoms. The standard InChI is InChI=1S/C9H14FNO/c1-8(2)5-9(8,6-11)3-7(12)4-10/h7,12H,3-5H2,1-2H3. The van der Waals surface area contributed by atoms with Crippen molar-refractivity contribution in [2.75, 3.05) is 6.67 Å². The van der Waals surface area contributed by atoms with E-state index in [2.05, 4.69) is 6.07 Å². The van der Waals surface area contributed by atoms with Crippen molar-refractivity contribution in [3.63, 3.8) is 0 Å². The lowest BCUT2D eigenvalue weighted by atomic mass is 9.91. The highest BCUT2D eigenvalue weighted by atomic mass is 19.1. The van der Waals surface area contributed by atoms with Gasteiger partial charge in [-0.05, 0) is 18.3 Å². The van der Waals surface area contributed by atoms with E-state index < -0.39 is 18.2 Å². The Labute approximate surface area is 72.0 Å². The molecule has 0 aromatic heterocycles. The Morgan fingerprint density at radius 2 is 2.17 bits per heavy atom. The number of alkyl halides is 1. The van der Waals surface area contributed by atoms with E-state index in [0.717, 1.165) is 6.42 Å². The molecule has 0 aliphatic heterocycles.